The lowest BCUT2D eigenvalue weighted by atomic mass is 9.64. The van der Waals surface area contributed by atoms with Gasteiger partial charge in [0.2, 0.25) is 0 Å². The van der Waals surface area contributed by atoms with E-state index in [4.69, 9.17) is 15.2 Å². The van der Waals surface area contributed by atoms with Crippen molar-refractivity contribution in [2.45, 2.75) is 51.0 Å². The second-order valence-corrected chi connectivity index (χ2v) is 6.88. The first kappa shape index (κ1) is 16.6. The van der Waals surface area contributed by atoms with Crippen LogP contribution in [-0.2, 0) is 10.2 Å². The maximum atomic E-state index is 12.1. The van der Waals surface area contributed by atoms with Gasteiger partial charge in [-0.25, -0.2) is 4.79 Å². The average Bonchev–Trinajstić information content (AvgIpc) is 2.37. The van der Waals surface area contributed by atoms with Crippen LogP contribution in [0.4, 0.5) is 10.5 Å². The van der Waals surface area contributed by atoms with Crippen LogP contribution in [-0.4, -0.2) is 25.3 Å². The number of amides is 1. The Hall–Kier alpha value is -1.75. The molecular formula is C17H26N2O3. The highest BCUT2D eigenvalue weighted by Gasteiger charge is 2.39. The Bertz CT molecular complexity index is 540. The monoisotopic (exact) mass is 306 g/mol. The largest absolute Gasteiger partial charge is 0.497 e. The van der Waals surface area contributed by atoms with E-state index < -0.39 is 11.7 Å². The molecule has 22 heavy (non-hydrogen) atoms. The van der Waals surface area contributed by atoms with Gasteiger partial charge in [0.25, 0.3) is 0 Å². The average molecular weight is 306 g/mol. The first-order chi connectivity index (χ1) is 10.3. The van der Waals surface area contributed by atoms with Crippen LogP contribution in [0.15, 0.2) is 18.2 Å². The zero-order valence-electron chi connectivity index (χ0n) is 13.9. The van der Waals surface area contributed by atoms with E-state index in [1.807, 2.05) is 39.0 Å². The first-order valence-corrected chi connectivity index (χ1v) is 7.68. The molecule has 1 fully saturated rings. The van der Waals surface area contributed by atoms with Crippen molar-refractivity contribution < 1.29 is 14.3 Å². The third-order valence-electron chi connectivity index (χ3n) is 4.14. The van der Waals surface area contributed by atoms with Crippen LogP contribution in [0.2, 0.25) is 0 Å². The molecule has 0 aliphatic heterocycles. The molecule has 2 rings (SSSR count). The van der Waals surface area contributed by atoms with Crippen LogP contribution < -0.4 is 15.8 Å². The summed E-state index contributed by atoms with van der Waals surface area (Å²) in [5, 5.41) is 2.85. The van der Waals surface area contributed by atoms with E-state index in [1.165, 1.54) is 0 Å². The maximum absolute atomic E-state index is 12.1. The summed E-state index contributed by atoms with van der Waals surface area (Å²) in [6, 6.07) is 5.66. The fraction of sp³-hybridized carbons (Fsp3) is 0.588. The van der Waals surface area contributed by atoms with Crippen molar-refractivity contribution in [2.75, 3.05) is 19.0 Å². The van der Waals surface area contributed by atoms with Gasteiger partial charge in [-0.15, -0.1) is 0 Å². The van der Waals surface area contributed by atoms with Gasteiger partial charge in [0.05, 0.1) is 7.11 Å². The van der Waals surface area contributed by atoms with Gasteiger partial charge in [-0.1, -0.05) is 6.42 Å². The number of anilines is 1. The predicted octanol–water partition coefficient (Wildman–Crippen LogP) is 3.42. The van der Waals surface area contributed by atoms with E-state index in [1.54, 1.807) is 7.11 Å². The van der Waals surface area contributed by atoms with Crippen LogP contribution in [0.25, 0.3) is 0 Å². The second-order valence-electron chi connectivity index (χ2n) is 6.88. The molecule has 0 atom stereocenters. The molecule has 1 aliphatic carbocycles. The Kier molecular flexibility index (Phi) is 4.66. The molecule has 1 saturated carbocycles. The number of nitrogens with one attached hydrogen (secondary N) is 1. The van der Waals surface area contributed by atoms with Gasteiger partial charge in [-0.05, 0) is 57.4 Å². The van der Waals surface area contributed by atoms with Gasteiger partial charge < -0.3 is 15.2 Å². The van der Waals surface area contributed by atoms with Gasteiger partial charge >= 0.3 is 6.09 Å². The van der Waals surface area contributed by atoms with E-state index in [9.17, 15) is 4.79 Å². The quantitative estimate of drug-likeness (QED) is 0.894. The Balaban J connectivity index is 2.29. The summed E-state index contributed by atoms with van der Waals surface area (Å²) < 4.78 is 10.7. The predicted molar refractivity (Wildman–Crippen MR) is 87.4 cm³/mol. The van der Waals surface area contributed by atoms with Crippen molar-refractivity contribution in [1.29, 1.82) is 0 Å². The summed E-state index contributed by atoms with van der Waals surface area (Å²) in [4.78, 5) is 12.1. The lowest BCUT2D eigenvalue weighted by Crippen LogP contribution is -2.42. The highest BCUT2D eigenvalue weighted by Crippen LogP contribution is 2.46. The van der Waals surface area contributed by atoms with Crippen LogP contribution in [0, 0.1) is 0 Å². The Labute approximate surface area is 132 Å². The molecule has 0 bridgehead atoms. The number of ether oxygens (including phenoxy) is 2. The number of methoxy groups -OCH3 is 1. The zero-order valence-corrected chi connectivity index (χ0v) is 13.9. The van der Waals surface area contributed by atoms with Crippen LogP contribution >= 0.6 is 0 Å². The molecule has 5 nitrogen and oxygen atoms in total. The molecule has 0 radical (unpaired) electrons. The fourth-order valence-electron chi connectivity index (χ4n) is 2.80. The van der Waals surface area contributed by atoms with E-state index >= 15 is 0 Å². The first-order valence-electron chi connectivity index (χ1n) is 7.68. The van der Waals surface area contributed by atoms with Gasteiger partial charge in [-0.3, -0.25) is 5.32 Å². The molecule has 0 aromatic heterocycles. The topological polar surface area (TPSA) is 73.6 Å². The minimum Gasteiger partial charge on any atom is -0.497 e. The molecule has 1 aliphatic rings. The minimum atomic E-state index is -0.529. The molecule has 1 aromatic carbocycles. The lowest BCUT2D eigenvalue weighted by Gasteiger charge is -2.42. The normalized spacial score (nSPS) is 16.6. The van der Waals surface area contributed by atoms with Crippen molar-refractivity contribution >= 4 is 11.8 Å². The second kappa shape index (κ2) is 6.16. The summed E-state index contributed by atoms with van der Waals surface area (Å²) in [6.07, 6.45) is 2.75. The van der Waals surface area contributed by atoms with E-state index in [2.05, 4.69) is 5.32 Å². The standard InChI is InChI=1S/C17H26N2O3/c1-16(2,3)22-15(20)19-14-7-6-12(21-4)10-13(14)17(11-18)8-5-9-17/h6-7,10H,5,8-9,11,18H2,1-4H3,(H,19,20). The number of hydrogen-bond acceptors (Lipinski definition) is 4. The molecule has 0 saturated heterocycles. The number of carbonyl (C=O) groups excluding carboxylic acids is 1. The number of nitrogens with two attached hydrogens (primary N) is 1. The Morgan fingerprint density at radius 1 is 1.36 bits per heavy atom. The number of carbonyl (C=O) groups is 1. The molecule has 3 N–H and O–H groups in total. The highest BCUT2D eigenvalue weighted by molar-refractivity contribution is 5.86. The summed E-state index contributed by atoms with van der Waals surface area (Å²) in [7, 11) is 1.63. The van der Waals surface area contributed by atoms with Gasteiger partial charge in [0.1, 0.15) is 11.4 Å². The van der Waals surface area contributed by atoms with Gasteiger partial charge in [-0.2, -0.15) is 0 Å². The van der Waals surface area contributed by atoms with Crippen molar-refractivity contribution in [3.63, 3.8) is 0 Å². The number of benzene rings is 1. The number of hydrogen-bond donors (Lipinski definition) is 2. The fourth-order valence-corrected chi connectivity index (χ4v) is 2.80. The summed E-state index contributed by atoms with van der Waals surface area (Å²) in [6.45, 7) is 6.08. The maximum Gasteiger partial charge on any atom is 0.412 e. The summed E-state index contributed by atoms with van der Waals surface area (Å²) in [5.41, 5.74) is 7.19. The number of rotatable bonds is 4. The van der Waals surface area contributed by atoms with E-state index in [-0.39, 0.29) is 5.41 Å². The molecule has 0 heterocycles. The van der Waals surface area contributed by atoms with Gasteiger partial charge in [0.15, 0.2) is 0 Å². The molecule has 5 heteroatoms. The Morgan fingerprint density at radius 2 is 2.05 bits per heavy atom. The molecule has 1 amide bonds. The molecule has 122 valence electrons. The summed E-state index contributed by atoms with van der Waals surface area (Å²) in [5.74, 6) is 0.768. The SMILES string of the molecule is COc1ccc(NC(=O)OC(C)(C)C)c(C2(CN)CCC2)c1. The van der Waals surface area contributed by atoms with Crippen molar-refractivity contribution in [3.05, 3.63) is 23.8 Å². The third kappa shape index (κ3) is 3.53. The van der Waals surface area contributed by atoms with Crippen molar-refractivity contribution in [2.24, 2.45) is 5.73 Å². The third-order valence-corrected chi connectivity index (χ3v) is 4.14. The van der Waals surface area contributed by atoms with Crippen LogP contribution in [0.5, 0.6) is 5.75 Å². The van der Waals surface area contributed by atoms with E-state index in [0.717, 1.165) is 36.3 Å². The van der Waals surface area contributed by atoms with Crippen LogP contribution in [0.1, 0.15) is 45.6 Å². The van der Waals surface area contributed by atoms with Crippen molar-refractivity contribution in [3.8, 4) is 5.75 Å². The minimum absolute atomic E-state index is 0.0705. The molecule has 0 unspecified atom stereocenters. The zero-order chi connectivity index (χ0) is 16.4. The molecular weight excluding hydrogens is 280 g/mol. The smallest absolute Gasteiger partial charge is 0.412 e. The van der Waals surface area contributed by atoms with Crippen LogP contribution in [0.3, 0.4) is 0 Å². The highest BCUT2D eigenvalue weighted by atomic mass is 16.6. The van der Waals surface area contributed by atoms with Gasteiger partial charge in [0, 0.05) is 17.6 Å². The summed E-state index contributed by atoms with van der Waals surface area (Å²) >= 11 is 0. The Morgan fingerprint density at radius 3 is 2.50 bits per heavy atom. The van der Waals surface area contributed by atoms with Crippen molar-refractivity contribution in [1.82, 2.24) is 0 Å². The lowest BCUT2D eigenvalue weighted by molar-refractivity contribution is 0.0635. The molecule has 1 aromatic rings. The molecule has 0 spiro atoms. The van der Waals surface area contributed by atoms with E-state index in [0.29, 0.717) is 6.54 Å².